The van der Waals surface area contributed by atoms with Crippen molar-refractivity contribution in [1.29, 1.82) is 0 Å². The molecule has 6 rings (SSSR count). The first kappa shape index (κ1) is 17.2. The van der Waals surface area contributed by atoms with Crippen LogP contribution in [0.5, 0.6) is 0 Å². The lowest BCUT2D eigenvalue weighted by molar-refractivity contribution is -0.307. The molecule has 0 aromatic heterocycles. The van der Waals surface area contributed by atoms with Crippen LogP contribution < -0.4 is 0 Å². The summed E-state index contributed by atoms with van der Waals surface area (Å²) in [5, 5.41) is 9.60. The average Bonchev–Trinajstić information content (AvgIpc) is 2.90. The quantitative estimate of drug-likeness (QED) is 0.806. The largest absolute Gasteiger partial charge is 0.481 e. The molecular weight excluding hydrogens is 328 g/mol. The number of rotatable bonds is 2. The first-order chi connectivity index (χ1) is 12.2. The van der Waals surface area contributed by atoms with Gasteiger partial charge in [-0.15, -0.1) is 0 Å². The van der Waals surface area contributed by atoms with Gasteiger partial charge in [-0.1, -0.05) is 20.8 Å². The molecule has 0 aromatic rings. The predicted octanol–water partition coefficient (Wildman–Crippen LogP) is 4.07. The number of Topliss-reactive ketones (excluding diaryl/α,β-unsaturated/α-hetero) is 1. The smallest absolute Gasteiger partial charge is 0.306 e. The second-order valence-corrected chi connectivity index (χ2v) is 10.6. The van der Waals surface area contributed by atoms with Crippen molar-refractivity contribution >= 4 is 11.8 Å². The topological polar surface area (TPSA) is 63.6 Å². The zero-order valence-corrected chi connectivity index (χ0v) is 16.3. The molecular formula is C22H32O4. The summed E-state index contributed by atoms with van der Waals surface area (Å²) < 4.78 is 6.69. The number of ketones is 1. The molecule has 6 fully saturated rings. The molecule has 9 atom stereocenters. The summed E-state index contributed by atoms with van der Waals surface area (Å²) in [6, 6.07) is 0. The molecule has 2 aliphatic heterocycles. The summed E-state index contributed by atoms with van der Waals surface area (Å²) in [6.07, 6.45) is 8.48. The van der Waals surface area contributed by atoms with Gasteiger partial charge >= 0.3 is 5.97 Å². The summed E-state index contributed by atoms with van der Waals surface area (Å²) in [6.45, 7) is 6.40. The molecule has 1 N–H and O–H groups in total. The van der Waals surface area contributed by atoms with E-state index in [0.717, 1.165) is 38.5 Å². The van der Waals surface area contributed by atoms with Gasteiger partial charge in [0.25, 0.3) is 0 Å². The highest BCUT2D eigenvalue weighted by atomic mass is 16.5. The van der Waals surface area contributed by atoms with Gasteiger partial charge in [0.05, 0.1) is 12.0 Å². The Kier molecular flexibility index (Phi) is 3.39. The van der Waals surface area contributed by atoms with Crippen molar-refractivity contribution in [3.63, 3.8) is 0 Å². The Hall–Kier alpha value is -0.900. The molecule has 0 radical (unpaired) electrons. The highest BCUT2D eigenvalue weighted by Gasteiger charge is 2.74. The zero-order chi connectivity index (χ0) is 18.5. The van der Waals surface area contributed by atoms with Crippen LogP contribution in [0.15, 0.2) is 0 Å². The molecule has 4 saturated carbocycles. The fraction of sp³-hybridized carbons (Fsp3) is 0.909. The maximum Gasteiger partial charge on any atom is 0.306 e. The maximum atomic E-state index is 13.8. The average molecular weight is 360 g/mol. The van der Waals surface area contributed by atoms with Crippen LogP contribution >= 0.6 is 0 Å². The third kappa shape index (κ3) is 1.76. The van der Waals surface area contributed by atoms with E-state index in [2.05, 4.69) is 13.8 Å². The molecule has 4 aliphatic carbocycles. The predicted molar refractivity (Wildman–Crippen MR) is 96.5 cm³/mol. The number of aliphatic carboxylic acids is 1. The van der Waals surface area contributed by atoms with Gasteiger partial charge in [0.15, 0.2) is 5.78 Å². The Balaban J connectivity index is 1.58. The highest BCUT2D eigenvalue weighted by molar-refractivity contribution is 5.91. The van der Waals surface area contributed by atoms with E-state index in [1.165, 1.54) is 6.42 Å². The Morgan fingerprint density at radius 3 is 2.62 bits per heavy atom. The van der Waals surface area contributed by atoms with Crippen LogP contribution in [0, 0.1) is 40.4 Å². The van der Waals surface area contributed by atoms with E-state index in [0.29, 0.717) is 30.0 Å². The van der Waals surface area contributed by atoms with Gasteiger partial charge < -0.3 is 9.84 Å². The van der Waals surface area contributed by atoms with E-state index in [-0.39, 0.29) is 28.8 Å². The van der Waals surface area contributed by atoms with Crippen molar-refractivity contribution in [2.45, 2.75) is 83.8 Å². The lowest BCUT2D eigenvalue weighted by Crippen LogP contribution is -2.75. The van der Waals surface area contributed by atoms with Crippen molar-refractivity contribution < 1.29 is 19.4 Å². The molecule has 4 heteroatoms. The molecule has 6 aliphatic rings. The van der Waals surface area contributed by atoms with E-state index < -0.39 is 11.6 Å². The Morgan fingerprint density at radius 1 is 1.15 bits per heavy atom. The number of fused-ring (bicyclic) bond motifs is 3. The van der Waals surface area contributed by atoms with Crippen LogP contribution in [0.25, 0.3) is 0 Å². The zero-order valence-electron chi connectivity index (χ0n) is 16.3. The lowest BCUT2D eigenvalue weighted by atomic mass is 9.40. The van der Waals surface area contributed by atoms with Crippen molar-refractivity contribution in [3.05, 3.63) is 0 Å². The van der Waals surface area contributed by atoms with Crippen molar-refractivity contribution in [2.24, 2.45) is 40.4 Å². The van der Waals surface area contributed by atoms with Crippen molar-refractivity contribution in [3.8, 4) is 0 Å². The molecule has 4 bridgehead atoms. The summed E-state index contributed by atoms with van der Waals surface area (Å²) in [4.78, 5) is 25.5. The van der Waals surface area contributed by atoms with Gasteiger partial charge in [-0.05, 0) is 74.0 Å². The Labute approximate surface area is 156 Å². The molecule has 2 heterocycles. The minimum atomic E-state index is -0.715. The number of carboxylic acid groups (broad SMARTS) is 1. The third-order valence-corrected chi connectivity index (χ3v) is 9.90. The third-order valence-electron chi connectivity index (χ3n) is 9.90. The standard InChI is InChI=1S/C22H32O4/c1-12(19(24)25)15-6-7-16-17-5-4-13-10-14-8-9-21(13,3)22(17,26-14)18(23)11-20(15,16)2/h12-17H,4-11H2,1-3H3,(H,24,25)/t12-,13-,14-,15-,16+,17+,20-,21+,22+/m1/s1. The highest BCUT2D eigenvalue weighted by Crippen LogP contribution is 2.72. The molecule has 0 amide bonds. The molecule has 1 spiro atoms. The van der Waals surface area contributed by atoms with E-state index in [1.54, 1.807) is 0 Å². The number of carbonyl (C=O) groups is 2. The monoisotopic (exact) mass is 360 g/mol. The first-order valence-corrected chi connectivity index (χ1v) is 10.7. The van der Waals surface area contributed by atoms with Gasteiger partial charge in [-0.3, -0.25) is 9.59 Å². The van der Waals surface area contributed by atoms with E-state index in [4.69, 9.17) is 4.74 Å². The van der Waals surface area contributed by atoms with Crippen LogP contribution in [-0.2, 0) is 14.3 Å². The second kappa shape index (κ2) is 5.12. The summed E-state index contributed by atoms with van der Waals surface area (Å²) in [7, 11) is 0. The second-order valence-electron chi connectivity index (χ2n) is 10.6. The number of hydrogen-bond acceptors (Lipinski definition) is 3. The first-order valence-electron chi connectivity index (χ1n) is 10.7. The van der Waals surface area contributed by atoms with Crippen LogP contribution in [0.4, 0.5) is 0 Å². The number of ether oxygens (including phenoxy) is 1. The van der Waals surface area contributed by atoms with Crippen LogP contribution in [-0.4, -0.2) is 28.6 Å². The SMILES string of the molecule is C[C@@H](C(=O)O)[C@H]1CC[C@H]2[C@@H]3CC[C@@H]4C[C@H]5CC[C@]4(C)[C@@]3(O5)C(=O)C[C@]12C. The summed E-state index contributed by atoms with van der Waals surface area (Å²) >= 11 is 0. The van der Waals surface area contributed by atoms with Crippen LogP contribution in [0.1, 0.15) is 72.1 Å². The van der Waals surface area contributed by atoms with Gasteiger partial charge in [0, 0.05) is 11.8 Å². The molecule has 4 nitrogen and oxygen atoms in total. The Bertz CT molecular complexity index is 673. The van der Waals surface area contributed by atoms with E-state index in [9.17, 15) is 14.7 Å². The number of carbonyl (C=O) groups excluding carboxylic acids is 1. The molecule has 26 heavy (non-hydrogen) atoms. The van der Waals surface area contributed by atoms with E-state index in [1.807, 2.05) is 6.92 Å². The normalized spacial score (nSPS) is 56.0. The van der Waals surface area contributed by atoms with Crippen LogP contribution in [0.2, 0.25) is 0 Å². The van der Waals surface area contributed by atoms with Crippen LogP contribution in [0.3, 0.4) is 0 Å². The molecule has 2 saturated heterocycles. The molecule has 0 aromatic carbocycles. The number of hydrogen-bond donors (Lipinski definition) is 1. The van der Waals surface area contributed by atoms with Gasteiger partial charge in [0.2, 0.25) is 0 Å². The van der Waals surface area contributed by atoms with Gasteiger partial charge in [0.1, 0.15) is 5.60 Å². The summed E-state index contributed by atoms with van der Waals surface area (Å²) in [5.74, 6) is 0.693. The van der Waals surface area contributed by atoms with Crippen molar-refractivity contribution in [2.75, 3.05) is 0 Å². The molecule has 0 unspecified atom stereocenters. The van der Waals surface area contributed by atoms with Crippen molar-refractivity contribution in [1.82, 2.24) is 0 Å². The van der Waals surface area contributed by atoms with Gasteiger partial charge in [-0.2, -0.15) is 0 Å². The lowest BCUT2D eigenvalue weighted by Gasteiger charge is -2.70. The minimum absolute atomic E-state index is 0.000416. The summed E-state index contributed by atoms with van der Waals surface area (Å²) in [5.41, 5.74) is -0.740. The Morgan fingerprint density at radius 2 is 1.88 bits per heavy atom. The molecule has 144 valence electrons. The number of carboxylic acids is 1. The minimum Gasteiger partial charge on any atom is -0.481 e. The maximum absolute atomic E-state index is 13.8. The fourth-order valence-electron chi connectivity index (χ4n) is 8.65. The van der Waals surface area contributed by atoms with Gasteiger partial charge in [-0.25, -0.2) is 0 Å². The fourth-order valence-corrected chi connectivity index (χ4v) is 8.65. The van der Waals surface area contributed by atoms with E-state index >= 15 is 0 Å².